The van der Waals surface area contributed by atoms with Gasteiger partial charge in [0.2, 0.25) is 0 Å². The number of ether oxygens (including phenoxy) is 1. The molecule has 0 aliphatic heterocycles. The molecule has 0 heterocycles. The Morgan fingerprint density at radius 3 is 2.75 bits per heavy atom. The van der Waals surface area contributed by atoms with Crippen molar-refractivity contribution in [3.05, 3.63) is 22.7 Å². The first-order chi connectivity index (χ1) is 7.33. The fraction of sp³-hybridized carbons (Fsp3) is 0.364. The Bertz CT molecular complexity index is 401. The van der Waals surface area contributed by atoms with Crippen LogP contribution in [0.15, 0.2) is 22.7 Å². The number of halogens is 1. The van der Waals surface area contributed by atoms with Crippen molar-refractivity contribution in [2.45, 2.75) is 19.4 Å². The second-order valence-corrected chi connectivity index (χ2v) is 4.59. The smallest absolute Gasteiger partial charge is 0.164 e. The summed E-state index contributed by atoms with van der Waals surface area (Å²) in [5.41, 5.74) is -1.52. The number of hydrogen-bond acceptors (Lipinski definition) is 4. The summed E-state index contributed by atoms with van der Waals surface area (Å²) < 4.78 is 5.91. The molecule has 0 aliphatic carbocycles. The molecule has 1 atom stereocenters. The molecular formula is C11H13BrO4. The van der Waals surface area contributed by atoms with Crippen LogP contribution in [-0.2, 0) is 4.79 Å². The molecule has 0 fully saturated rings. The maximum Gasteiger partial charge on any atom is 0.164 e. The fourth-order valence-corrected chi connectivity index (χ4v) is 1.28. The molecule has 88 valence electrons. The molecule has 4 nitrogen and oxygen atoms in total. The number of Topliss-reactive ketones (excluding diaryl/α,β-unsaturated/α-hetero) is 1. The van der Waals surface area contributed by atoms with Crippen LogP contribution in [0.4, 0.5) is 0 Å². The normalized spacial score (nSPS) is 14.2. The maximum absolute atomic E-state index is 11.0. The van der Waals surface area contributed by atoms with Gasteiger partial charge >= 0.3 is 0 Å². The highest BCUT2D eigenvalue weighted by Crippen LogP contribution is 2.29. The van der Waals surface area contributed by atoms with Gasteiger partial charge in [-0.05, 0) is 41.9 Å². The first-order valence-corrected chi connectivity index (χ1v) is 5.47. The molecule has 16 heavy (non-hydrogen) atoms. The Labute approximate surface area is 102 Å². The van der Waals surface area contributed by atoms with Crippen molar-refractivity contribution in [2.24, 2.45) is 0 Å². The van der Waals surface area contributed by atoms with Gasteiger partial charge in [-0.3, -0.25) is 4.79 Å². The molecule has 0 aliphatic rings. The molecule has 0 saturated carbocycles. The lowest BCUT2D eigenvalue weighted by Gasteiger charge is -2.20. The van der Waals surface area contributed by atoms with Crippen LogP contribution in [-0.4, -0.2) is 28.2 Å². The number of aliphatic hydroxyl groups is 1. The highest BCUT2D eigenvalue weighted by molar-refractivity contribution is 9.10. The van der Waals surface area contributed by atoms with Crippen molar-refractivity contribution >= 4 is 21.7 Å². The van der Waals surface area contributed by atoms with Gasteiger partial charge in [-0.25, -0.2) is 0 Å². The Balaban J connectivity index is 2.75. The quantitative estimate of drug-likeness (QED) is 0.888. The molecule has 0 spiro atoms. The van der Waals surface area contributed by atoms with Gasteiger partial charge in [-0.2, -0.15) is 0 Å². The number of hydrogen-bond donors (Lipinski definition) is 2. The van der Waals surface area contributed by atoms with Crippen molar-refractivity contribution in [3.8, 4) is 11.5 Å². The summed E-state index contributed by atoms with van der Waals surface area (Å²) in [5, 5.41) is 18.9. The van der Waals surface area contributed by atoms with E-state index in [1.165, 1.54) is 26.0 Å². The number of benzene rings is 1. The zero-order valence-electron chi connectivity index (χ0n) is 9.03. The predicted octanol–water partition coefficient (Wildman–Crippen LogP) is 1.87. The summed E-state index contributed by atoms with van der Waals surface area (Å²) in [6.07, 6.45) is 0. The molecule has 0 bridgehead atoms. The third kappa shape index (κ3) is 3.21. The number of ketones is 1. The maximum atomic E-state index is 11.0. The highest BCUT2D eigenvalue weighted by Gasteiger charge is 2.27. The van der Waals surface area contributed by atoms with Crippen LogP contribution in [0, 0.1) is 0 Å². The Morgan fingerprint density at radius 1 is 1.56 bits per heavy atom. The van der Waals surface area contributed by atoms with E-state index in [4.69, 9.17) is 4.74 Å². The lowest BCUT2D eigenvalue weighted by atomic mass is 10.0. The van der Waals surface area contributed by atoms with Crippen molar-refractivity contribution in [2.75, 3.05) is 6.61 Å². The van der Waals surface area contributed by atoms with E-state index in [1.54, 1.807) is 6.07 Å². The number of phenols is 1. The van der Waals surface area contributed by atoms with E-state index >= 15 is 0 Å². The van der Waals surface area contributed by atoms with E-state index in [0.29, 0.717) is 10.2 Å². The number of carbonyl (C=O) groups is 1. The van der Waals surface area contributed by atoms with Crippen molar-refractivity contribution < 1.29 is 19.7 Å². The molecule has 1 aromatic carbocycles. The van der Waals surface area contributed by atoms with Crippen LogP contribution in [0.25, 0.3) is 0 Å². The van der Waals surface area contributed by atoms with Crippen LogP contribution < -0.4 is 4.74 Å². The minimum Gasteiger partial charge on any atom is -0.508 e. The van der Waals surface area contributed by atoms with E-state index < -0.39 is 5.60 Å². The molecule has 2 N–H and O–H groups in total. The third-order valence-electron chi connectivity index (χ3n) is 2.18. The second kappa shape index (κ2) is 4.84. The fourth-order valence-electron chi connectivity index (χ4n) is 0.923. The number of carbonyl (C=O) groups excluding carboxylic acids is 1. The Hall–Kier alpha value is -1.07. The standard InChI is InChI=1S/C11H13BrO4/c1-7(13)11(2,15)6-16-10-5-8(14)3-4-9(10)12/h3-5,14-15H,6H2,1-2H3/t11-/m1/s1. The van der Waals surface area contributed by atoms with Gasteiger partial charge in [-0.1, -0.05) is 0 Å². The first-order valence-electron chi connectivity index (χ1n) is 4.67. The van der Waals surface area contributed by atoms with Crippen LogP contribution in [0.2, 0.25) is 0 Å². The molecule has 1 rings (SSSR count). The minimum atomic E-state index is -1.52. The zero-order chi connectivity index (χ0) is 12.3. The number of aromatic hydroxyl groups is 1. The summed E-state index contributed by atoms with van der Waals surface area (Å²) in [7, 11) is 0. The summed E-state index contributed by atoms with van der Waals surface area (Å²) >= 11 is 3.23. The Kier molecular flexibility index (Phi) is 3.93. The molecule has 1 aromatic rings. The van der Waals surface area contributed by atoms with Crippen LogP contribution >= 0.6 is 15.9 Å². The van der Waals surface area contributed by atoms with Crippen LogP contribution in [0.3, 0.4) is 0 Å². The van der Waals surface area contributed by atoms with Gasteiger partial charge < -0.3 is 14.9 Å². The molecule has 0 aromatic heterocycles. The average molecular weight is 289 g/mol. The average Bonchev–Trinajstić information content (AvgIpc) is 2.19. The van der Waals surface area contributed by atoms with E-state index in [1.807, 2.05) is 0 Å². The monoisotopic (exact) mass is 288 g/mol. The Morgan fingerprint density at radius 2 is 2.19 bits per heavy atom. The summed E-state index contributed by atoms with van der Waals surface area (Å²) in [6.45, 7) is 2.51. The van der Waals surface area contributed by atoms with Gasteiger partial charge in [0.25, 0.3) is 0 Å². The highest BCUT2D eigenvalue weighted by atomic mass is 79.9. The van der Waals surface area contributed by atoms with Gasteiger partial charge in [0.1, 0.15) is 18.1 Å². The van der Waals surface area contributed by atoms with Crippen LogP contribution in [0.1, 0.15) is 13.8 Å². The first kappa shape index (κ1) is 13.0. The van der Waals surface area contributed by atoms with Gasteiger partial charge in [0, 0.05) is 6.07 Å². The molecule has 5 heteroatoms. The van der Waals surface area contributed by atoms with Crippen molar-refractivity contribution in [1.29, 1.82) is 0 Å². The summed E-state index contributed by atoms with van der Waals surface area (Å²) in [6, 6.07) is 4.52. The van der Waals surface area contributed by atoms with Gasteiger partial charge in [-0.15, -0.1) is 0 Å². The second-order valence-electron chi connectivity index (χ2n) is 3.73. The van der Waals surface area contributed by atoms with E-state index in [0.717, 1.165) is 0 Å². The summed E-state index contributed by atoms with van der Waals surface area (Å²) in [5.74, 6) is 0.0611. The molecule has 0 radical (unpaired) electrons. The molecular weight excluding hydrogens is 276 g/mol. The largest absolute Gasteiger partial charge is 0.508 e. The number of rotatable bonds is 4. The number of phenolic OH excluding ortho intramolecular Hbond substituents is 1. The summed E-state index contributed by atoms with van der Waals surface area (Å²) in [4.78, 5) is 11.0. The zero-order valence-corrected chi connectivity index (χ0v) is 10.6. The third-order valence-corrected chi connectivity index (χ3v) is 2.84. The SMILES string of the molecule is CC(=O)[C@](C)(O)COc1cc(O)ccc1Br. The van der Waals surface area contributed by atoms with Gasteiger partial charge in [0.15, 0.2) is 11.4 Å². The predicted molar refractivity (Wildman–Crippen MR) is 62.6 cm³/mol. The van der Waals surface area contributed by atoms with Gasteiger partial charge in [0.05, 0.1) is 4.47 Å². The molecule has 0 saturated heterocycles. The topological polar surface area (TPSA) is 66.8 Å². The van der Waals surface area contributed by atoms with Crippen LogP contribution in [0.5, 0.6) is 11.5 Å². The van der Waals surface area contributed by atoms with E-state index in [9.17, 15) is 15.0 Å². The molecule has 0 unspecified atom stereocenters. The minimum absolute atomic E-state index is 0.0562. The van der Waals surface area contributed by atoms with Crippen molar-refractivity contribution in [3.63, 3.8) is 0 Å². The van der Waals surface area contributed by atoms with Crippen molar-refractivity contribution in [1.82, 2.24) is 0 Å². The van der Waals surface area contributed by atoms with E-state index in [-0.39, 0.29) is 18.1 Å². The lowest BCUT2D eigenvalue weighted by molar-refractivity contribution is -0.136. The van der Waals surface area contributed by atoms with E-state index in [2.05, 4.69) is 15.9 Å². The molecule has 0 amide bonds. The lowest BCUT2D eigenvalue weighted by Crippen LogP contribution is -2.39.